The summed E-state index contributed by atoms with van der Waals surface area (Å²) in [6.07, 6.45) is 2.63. The van der Waals surface area contributed by atoms with Crippen LogP contribution < -0.4 is 11.1 Å². The first-order chi connectivity index (χ1) is 10.6. The van der Waals surface area contributed by atoms with E-state index in [9.17, 15) is 4.79 Å². The number of hydrogen-bond acceptors (Lipinski definition) is 4. The number of carbonyl (C=O) groups is 1. The molecule has 0 bridgehead atoms. The normalized spacial score (nSPS) is 11.9. The topological polar surface area (TPSA) is 88.2 Å². The number of hydrogen-bond donors (Lipinski definition) is 3. The number of carbonyl (C=O) groups excluding carboxylic acids is 1. The number of amides is 1. The largest absolute Gasteiger partial charge is 0.396 e. The summed E-state index contributed by atoms with van der Waals surface area (Å²) in [5, 5.41) is 12.2. The maximum Gasteiger partial charge on any atom is 0.253 e. The van der Waals surface area contributed by atoms with Crippen LogP contribution in [0.2, 0.25) is 5.02 Å². The molecule has 0 saturated heterocycles. The zero-order valence-corrected chi connectivity index (χ0v) is 12.8. The fraction of sp³-hybridized carbons (Fsp3) is 0.250. The number of rotatable bonds is 6. The predicted octanol–water partition coefficient (Wildman–Crippen LogP) is 2.56. The summed E-state index contributed by atoms with van der Waals surface area (Å²) in [5.41, 5.74) is 6.88. The van der Waals surface area contributed by atoms with Crippen LogP contribution in [-0.4, -0.2) is 22.6 Å². The van der Waals surface area contributed by atoms with E-state index in [1.165, 1.54) is 12.3 Å². The second kappa shape index (κ2) is 7.77. The number of pyridine rings is 1. The number of nitrogens with one attached hydrogen (secondary N) is 1. The van der Waals surface area contributed by atoms with Gasteiger partial charge >= 0.3 is 0 Å². The van der Waals surface area contributed by atoms with Gasteiger partial charge in [-0.15, -0.1) is 0 Å². The van der Waals surface area contributed by atoms with E-state index in [0.717, 1.165) is 5.56 Å². The van der Waals surface area contributed by atoms with Crippen LogP contribution in [0.3, 0.4) is 0 Å². The Morgan fingerprint density at radius 1 is 1.36 bits per heavy atom. The van der Waals surface area contributed by atoms with Crippen LogP contribution in [0.4, 0.5) is 5.82 Å². The Balaban J connectivity index is 2.15. The molecule has 0 spiro atoms. The number of nitrogens with two attached hydrogens (primary N) is 1. The fourth-order valence-corrected chi connectivity index (χ4v) is 2.28. The van der Waals surface area contributed by atoms with E-state index >= 15 is 0 Å². The summed E-state index contributed by atoms with van der Waals surface area (Å²) < 4.78 is 0. The van der Waals surface area contributed by atoms with Crippen LogP contribution in [0.5, 0.6) is 0 Å². The van der Waals surface area contributed by atoms with Crippen LogP contribution in [0, 0.1) is 0 Å². The van der Waals surface area contributed by atoms with Gasteiger partial charge in [0.25, 0.3) is 5.91 Å². The summed E-state index contributed by atoms with van der Waals surface area (Å²) in [6.45, 7) is 0.0778. The number of aliphatic hydroxyl groups excluding tert-OH is 1. The minimum Gasteiger partial charge on any atom is -0.396 e. The van der Waals surface area contributed by atoms with Gasteiger partial charge in [0.05, 0.1) is 16.6 Å². The highest BCUT2D eigenvalue weighted by Crippen LogP contribution is 2.20. The number of nitrogen functional groups attached to an aromatic ring is 1. The third-order valence-electron chi connectivity index (χ3n) is 3.29. The van der Waals surface area contributed by atoms with Crippen LogP contribution in [0.25, 0.3) is 0 Å². The van der Waals surface area contributed by atoms with Gasteiger partial charge < -0.3 is 16.2 Å². The lowest BCUT2D eigenvalue weighted by molar-refractivity contribution is 0.0932. The molecule has 116 valence electrons. The smallest absolute Gasteiger partial charge is 0.253 e. The Morgan fingerprint density at radius 3 is 2.73 bits per heavy atom. The van der Waals surface area contributed by atoms with Crippen molar-refractivity contribution in [3.63, 3.8) is 0 Å². The van der Waals surface area contributed by atoms with Gasteiger partial charge in [-0.2, -0.15) is 0 Å². The van der Waals surface area contributed by atoms with Crippen molar-refractivity contribution in [2.45, 2.75) is 18.9 Å². The van der Waals surface area contributed by atoms with Crippen LogP contribution >= 0.6 is 11.6 Å². The summed E-state index contributed by atoms with van der Waals surface area (Å²) in [4.78, 5) is 16.2. The van der Waals surface area contributed by atoms with Crippen LogP contribution in [0.15, 0.2) is 42.6 Å². The van der Waals surface area contributed by atoms with Crippen molar-refractivity contribution >= 4 is 23.3 Å². The highest BCUT2D eigenvalue weighted by molar-refractivity contribution is 6.33. The van der Waals surface area contributed by atoms with Gasteiger partial charge in [0.2, 0.25) is 0 Å². The summed E-state index contributed by atoms with van der Waals surface area (Å²) in [7, 11) is 0. The minimum atomic E-state index is -0.277. The van der Waals surface area contributed by atoms with Gasteiger partial charge in [0, 0.05) is 12.8 Å². The van der Waals surface area contributed by atoms with Crippen molar-refractivity contribution < 1.29 is 9.90 Å². The maximum atomic E-state index is 12.3. The lowest BCUT2D eigenvalue weighted by Crippen LogP contribution is -2.29. The molecule has 1 unspecified atom stereocenters. The molecule has 0 aliphatic carbocycles. The fourth-order valence-electron chi connectivity index (χ4n) is 2.12. The number of aromatic nitrogens is 1. The molecule has 0 radical (unpaired) electrons. The highest BCUT2D eigenvalue weighted by Gasteiger charge is 2.16. The van der Waals surface area contributed by atoms with Gasteiger partial charge in [-0.3, -0.25) is 4.79 Å². The van der Waals surface area contributed by atoms with E-state index in [-0.39, 0.29) is 29.4 Å². The lowest BCUT2D eigenvalue weighted by atomic mass is 10.0. The van der Waals surface area contributed by atoms with E-state index in [1.54, 1.807) is 0 Å². The number of nitrogens with zero attached hydrogens (tertiary/aromatic N) is 1. The van der Waals surface area contributed by atoms with E-state index in [1.807, 2.05) is 30.3 Å². The molecule has 4 N–H and O–H groups in total. The van der Waals surface area contributed by atoms with Crippen molar-refractivity contribution in [2.75, 3.05) is 12.3 Å². The van der Waals surface area contributed by atoms with Gasteiger partial charge in [-0.1, -0.05) is 41.9 Å². The average molecular weight is 320 g/mol. The van der Waals surface area contributed by atoms with Crippen molar-refractivity contribution in [1.82, 2.24) is 10.3 Å². The standard InChI is InChI=1S/C16H18ClN3O2/c17-13-9-12(10-19-15(13)18)16(22)20-14(7-4-8-21)11-5-2-1-3-6-11/h1-3,5-6,9-10,14,21H,4,7-8H2,(H2,18,19)(H,20,22). The van der Waals surface area contributed by atoms with Crippen molar-refractivity contribution in [1.29, 1.82) is 0 Å². The summed E-state index contributed by atoms with van der Waals surface area (Å²) in [5.74, 6) is -0.0840. The van der Waals surface area contributed by atoms with Crippen molar-refractivity contribution in [3.8, 4) is 0 Å². The van der Waals surface area contributed by atoms with E-state index in [4.69, 9.17) is 22.4 Å². The molecular formula is C16H18ClN3O2. The van der Waals surface area contributed by atoms with Gasteiger partial charge in [0.1, 0.15) is 5.82 Å². The Hall–Kier alpha value is -2.11. The van der Waals surface area contributed by atoms with Crippen molar-refractivity contribution in [3.05, 3.63) is 58.7 Å². The molecule has 1 atom stereocenters. The van der Waals surface area contributed by atoms with Crippen molar-refractivity contribution in [2.24, 2.45) is 0 Å². The first-order valence-electron chi connectivity index (χ1n) is 6.99. The average Bonchev–Trinajstić information content (AvgIpc) is 2.54. The predicted molar refractivity (Wildman–Crippen MR) is 86.6 cm³/mol. The minimum absolute atomic E-state index is 0.0778. The zero-order chi connectivity index (χ0) is 15.9. The van der Waals surface area contributed by atoms with Gasteiger partial charge in [-0.25, -0.2) is 4.98 Å². The molecule has 5 nitrogen and oxygen atoms in total. The lowest BCUT2D eigenvalue weighted by Gasteiger charge is -2.19. The second-order valence-corrected chi connectivity index (χ2v) is 5.30. The molecular weight excluding hydrogens is 302 g/mol. The number of halogens is 1. The van der Waals surface area contributed by atoms with E-state index in [0.29, 0.717) is 18.4 Å². The quantitative estimate of drug-likeness (QED) is 0.763. The zero-order valence-electron chi connectivity index (χ0n) is 12.0. The van der Waals surface area contributed by atoms with Gasteiger partial charge in [0.15, 0.2) is 0 Å². The Labute approximate surface area is 134 Å². The molecule has 0 saturated carbocycles. The Morgan fingerprint density at radius 2 is 2.09 bits per heavy atom. The third-order valence-corrected chi connectivity index (χ3v) is 3.59. The van der Waals surface area contributed by atoms with Gasteiger partial charge in [-0.05, 0) is 24.5 Å². The molecule has 2 aromatic rings. The summed E-state index contributed by atoms with van der Waals surface area (Å²) in [6, 6.07) is 10.9. The SMILES string of the molecule is Nc1ncc(C(=O)NC(CCCO)c2ccccc2)cc1Cl. The molecule has 6 heteroatoms. The maximum absolute atomic E-state index is 12.3. The molecule has 0 aliphatic rings. The van der Waals surface area contributed by atoms with E-state index in [2.05, 4.69) is 10.3 Å². The summed E-state index contributed by atoms with van der Waals surface area (Å²) >= 11 is 5.89. The highest BCUT2D eigenvalue weighted by atomic mass is 35.5. The molecule has 1 aromatic carbocycles. The molecule has 1 heterocycles. The van der Waals surface area contributed by atoms with Crippen LogP contribution in [-0.2, 0) is 0 Å². The molecule has 22 heavy (non-hydrogen) atoms. The Kier molecular flexibility index (Phi) is 5.75. The first-order valence-corrected chi connectivity index (χ1v) is 7.37. The van der Waals surface area contributed by atoms with Crippen LogP contribution in [0.1, 0.15) is 34.8 Å². The third kappa shape index (κ3) is 4.19. The molecule has 1 aromatic heterocycles. The van der Waals surface area contributed by atoms with E-state index < -0.39 is 0 Å². The molecule has 0 aliphatic heterocycles. The Bertz CT molecular complexity index is 635. The first kappa shape index (κ1) is 16.3. The number of anilines is 1. The molecule has 2 rings (SSSR count). The molecule has 1 amide bonds. The number of aliphatic hydroxyl groups is 1. The second-order valence-electron chi connectivity index (χ2n) is 4.89. The number of benzene rings is 1. The molecule has 0 fully saturated rings. The monoisotopic (exact) mass is 319 g/mol.